The molecule has 1 unspecified atom stereocenters. The number of hydrogen-bond donors (Lipinski definition) is 2. The summed E-state index contributed by atoms with van der Waals surface area (Å²) in [6.07, 6.45) is 9.86. The van der Waals surface area contributed by atoms with E-state index in [0.717, 1.165) is 86.9 Å². The fourth-order valence-electron chi connectivity index (χ4n) is 10.6. The molecule has 1 spiro atoms. The molecule has 15 nitrogen and oxygen atoms in total. The molecule has 4 aromatic rings. The van der Waals surface area contributed by atoms with Gasteiger partial charge in [0.05, 0.1) is 4.90 Å². The Labute approximate surface area is 349 Å². The van der Waals surface area contributed by atoms with E-state index in [0.29, 0.717) is 67.5 Å². The van der Waals surface area contributed by atoms with Crippen LogP contribution in [0.3, 0.4) is 0 Å². The molecule has 5 fully saturated rings. The lowest BCUT2D eigenvalue weighted by atomic mass is 9.72. The van der Waals surface area contributed by atoms with Gasteiger partial charge >= 0.3 is 0 Å². The molecular formula is C44H51N9O6S. The first-order valence-corrected chi connectivity index (χ1v) is 22.9. The van der Waals surface area contributed by atoms with E-state index in [4.69, 9.17) is 4.98 Å². The maximum Gasteiger partial charge on any atom is 0.255 e. The number of aromatic nitrogens is 3. The maximum atomic E-state index is 13.9. The van der Waals surface area contributed by atoms with Crippen LogP contribution >= 0.6 is 0 Å². The number of hydrogen-bond acceptors (Lipinski definition) is 11. The Hall–Kier alpha value is -5.19. The fraction of sp³-hybridized carbons (Fsp3) is 0.500. The van der Waals surface area contributed by atoms with Crippen LogP contribution in [0.25, 0.3) is 11.0 Å². The van der Waals surface area contributed by atoms with E-state index < -0.39 is 22.0 Å². The molecule has 0 bridgehead atoms. The zero-order valence-electron chi connectivity index (χ0n) is 33.7. The average Bonchev–Trinajstić information content (AvgIpc) is 3.89. The van der Waals surface area contributed by atoms with E-state index >= 15 is 0 Å². The van der Waals surface area contributed by atoms with Crippen LogP contribution in [-0.2, 0) is 32.7 Å². The van der Waals surface area contributed by atoms with E-state index in [9.17, 15) is 27.6 Å². The Balaban J connectivity index is 0.711. The third kappa shape index (κ3) is 7.25. The van der Waals surface area contributed by atoms with Crippen molar-refractivity contribution in [2.24, 2.45) is 5.41 Å². The number of sulfonamides is 1. The van der Waals surface area contributed by atoms with Crippen molar-refractivity contribution in [3.05, 3.63) is 87.8 Å². The first-order chi connectivity index (χ1) is 29.0. The SMILES string of the molecule is O=C1CCC(N2Cc3cc(N4CCC5(CC4)CN(Cc4cccc(S(=O)(=O)N6CCC(Nc7ncc8ccc(=O)n(C9CCCC9)c8n7)CC6)c4)C5)ccc3C2=O)C(=O)N1. The van der Waals surface area contributed by atoms with Crippen LogP contribution < -0.4 is 21.1 Å². The number of nitrogens with zero attached hydrogens (tertiary/aromatic N) is 7. The van der Waals surface area contributed by atoms with Crippen molar-refractivity contribution >= 4 is 50.4 Å². The summed E-state index contributed by atoms with van der Waals surface area (Å²) in [7, 11) is -3.67. The van der Waals surface area contributed by atoms with Crippen molar-refractivity contribution < 1.29 is 22.8 Å². The van der Waals surface area contributed by atoms with E-state index in [-0.39, 0.29) is 41.3 Å². The van der Waals surface area contributed by atoms with Gasteiger partial charge in [-0.25, -0.2) is 13.4 Å². The molecule has 1 atom stereocenters. The van der Waals surface area contributed by atoms with E-state index in [2.05, 4.69) is 31.5 Å². The zero-order valence-corrected chi connectivity index (χ0v) is 34.5. The summed E-state index contributed by atoms with van der Waals surface area (Å²) in [5.41, 5.74) is 4.48. The molecule has 2 aromatic heterocycles. The highest BCUT2D eigenvalue weighted by Crippen LogP contribution is 2.43. The lowest BCUT2D eigenvalue weighted by Crippen LogP contribution is -2.59. The van der Waals surface area contributed by atoms with Gasteiger partial charge < -0.3 is 15.1 Å². The minimum Gasteiger partial charge on any atom is -0.371 e. The number of piperidine rings is 3. The van der Waals surface area contributed by atoms with Crippen molar-refractivity contribution in [1.29, 1.82) is 0 Å². The molecule has 0 radical (unpaired) electrons. The number of likely N-dealkylation sites (tertiary alicyclic amines) is 1. The minimum atomic E-state index is -3.67. The smallest absolute Gasteiger partial charge is 0.255 e. The molecule has 314 valence electrons. The summed E-state index contributed by atoms with van der Waals surface area (Å²) in [6.45, 7) is 5.61. The summed E-state index contributed by atoms with van der Waals surface area (Å²) in [6, 6.07) is 16.3. The quantitative estimate of drug-likeness (QED) is 0.234. The van der Waals surface area contributed by atoms with Gasteiger partial charge in [-0.2, -0.15) is 9.29 Å². The van der Waals surface area contributed by atoms with Crippen LogP contribution in [0.15, 0.2) is 70.5 Å². The van der Waals surface area contributed by atoms with Gasteiger partial charge in [-0.05, 0) is 97.9 Å². The second-order valence-corrected chi connectivity index (χ2v) is 19.7. The van der Waals surface area contributed by atoms with Gasteiger partial charge in [0.1, 0.15) is 11.7 Å². The third-order valence-electron chi connectivity index (χ3n) is 13.9. The first kappa shape index (κ1) is 39.0. The van der Waals surface area contributed by atoms with Crippen molar-refractivity contribution in [3.8, 4) is 0 Å². The van der Waals surface area contributed by atoms with E-state index in [1.54, 1.807) is 33.6 Å². The van der Waals surface area contributed by atoms with Crippen LogP contribution in [-0.4, -0.2) is 106 Å². The fourth-order valence-corrected chi connectivity index (χ4v) is 12.1. The second-order valence-electron chi connectivity index (χ2n) is 17.8. The Morgan fingerprint density at radius 2 is 1.65 bits per heavy atom. The molecule has 10 rings (SSSR count). The molecule has 4 saturated heterocycles. The van der Waals surface area contributed by atoms with E-state index in [1.807, 2.05) is 34.9 Å². The van der Waals surface area contributed by atoms with Gasteiger partial charge in [0.25, 0.3) is 11.5 Å². The molecular weight excluding hydrogens is 783 g/mol. The highest BCUT2D eigenvalue weighted by molar-refractivity contribution is 7.89. The average molecular weight is 834 g/mol. The Morgan fingerprint density at radius 1 is 0.867 bits per heavy atom. The van der Waals surface area contributed by atoms with Crippen LogP contribution in [0.1, 0.15) is 91.7 Å². The molecule has 3 amide bonds. The third-order valence-corrected chi connectivity index (χ3v) is 15.8. The number of rotatable bonds is 9. The second kappa shape index (κ2) is 15.4. The number of nitrogens with one attached hydrogen (secondary N) is 2. The Kier molecular flexibility index (Phi) is 9.99. The maximum absolute atomic E-state index is 13.9. The van der Waals surface area contributed by atoms with Crippen molar-refractivity contribution in [2.75, 3.05) is 49.5 Å². The largest absolute Gasteiger partial charge is 0.371 e. The molecule has 60 heavy (non-hydrogen) atoms. The van der Waals surface area contributed by atoms with Crippen LogP contribution in [0.4, 0.5) is 11.6 Å². The predicted octanol–water partition coefficient (Wildman–Crippen LogP) is 4.04. The minimum absolute atomic E-state index is 0.0121. The predicted molar refractivity (Wildman–Crippen MR) is 225 cm³/mol. The molecule has 2 N–H and O–H groups in total. The Bertz CT molecular complexity index is 2530. The van der Waals surface area contributed by atoms with Gasteiger partial charge in [0.2, 0.25) is 27.8 Å². The highest BCUT2D eigenvalue weighted by Gasteiger charge is 2.45. The summed E-state index contributed by atoms with van der Waals surface area (Å²) < 4.78 is 31.2. The lowest BCUT2D eigenvalue weighted by Gasteiger charge is -2.54. The molecule has 6 aliphatic rings. The number of carbonyl (C=O) groups is 3. The molecule has 7 heterocycles. The number of benzene rings is 2. The highest BCUT2D eigenvalue weighted by atomic mass is 32.2. The molecule has 5 aliphatic heterocycles. The van der Waals surface area contributed by atoms with Crippen LogP contribution in [0.5, 0.6) is 0 Å². The van der Waals surface area contributed by atoms with Gasteiger partial charge in [-0.15, -0.1) is 0 Å². The summed E-state index contributed by atoms with van der Waals surface area (Å²) >= 11 is 0. The molecule has 1 aliphatic carbocycles. The number of imide groups is 1. The van der Waals surface area contributed by atoms with Crippen molar-refractivity contribution in [2.45, 2.75) is 100 Å². The summed E-state index contributed by atoms with van der Waals surface area (Å²) in [5.74, 6) is -0.379. The van der Waals surface area contributed by atoms with Gasteiger partial charge in [-0.3, -0.25) is 34.0 Å². The molecule has 16 heteroatoms. The zero-order chi connectivity index (χ0) is 41.2. The number of anilines is 2. The lowest BCUT2D eigenvalue weighted by molar-refractivity contribution is -0.136. The number of fused-ring (bicyclic) bond motifs is 2. The van der Waals surface area contributed by atoms with Gasteiger partial charge in [0, 0.05) is 99.8 Å². The van der Waals surface area contributed by atoms with Crippen LogP contribution in [0.2, 0.25) is 0 Å². The van der Waals surface area contributed by atoms with Gasteiger partial charge in [-0.1, -0.05) is 25.0 Å². The summed E-state index contributed by atoms with van der Waals surface area (Å²) in [4.78, 5) is 66.2. The normalized spacial score (nSPS) is 23.0. The Morgan fingerprint density at radius 3 is 2.42 bits per heavy atom. The van der Waals surface area contributed by atoms with Crippen LogP contribution in [0, 0.1) is 5.41 Å². The monoisotopic (exact) mass is 833 g/mol. The number of amides is 3. The topological polar surface area (TPSA) is 170 Å². The van der Waals surface area contributed by atoms with E-state index in [1.165, 1.54) is 0 Å². The van der Waals surface area contributed by atoms with Gasteiger partial charge in [0.15, 0.2) is 0 Å². The molecule has 2 aromatic carbocycles. The van der Waals surface area contributed by atoms with Crippen molar-refractivity contribution in [1.82, 2.24) is 34.0 Å². The number of carbonyl (C=O) groups excluding carboxylic acids is 3. The number of pyridine rings is 1. The summed E-state index contributed by atoms with van der Waals surface area (Å²) in [5, 5.41) is 6.63. The molecule has 1 saturated carbocycles. The van der Waals surface area contributed by atoms with Crippen molar-refractivity contribution in [3.63, 3.8) is 0 Å². The standard InChI is InChI=1S/C44H51N9O6S/c54-38-12-11-37(41(56)47-38)52-26-31-23-34(9-10-36(31)42(52)57)50-20-16-44(17-21-50)27-49(28-44)25-29-4-3-7-35(22-29)60(58,59)51-18-14-32(15-19-51)46-43-45-24-30-8-13-39(55)53(40(30)48-43)33-5-1-2-6-33/h3-4,7-10,13,22-24,32-33,37H,1-2,5-6,11-12,14-21,25-28H2,(H,45,46,48)(H,47,54,56). The first-order valence-electron chi connectivity index (χ1n) is 21.5.